The number of nitrogens with zero attached hydrogens (tertiary/aromatic N) is 5. The van der Waals surface area contributed by atoms with Crippen LogP contribution in [0, 0.1) is 6.92 Å². The van der Waals surface area contributed by atoms with Crippen molar-refractivity contribution in [3.8, 4) is 0 Å². The van der Waals surface area contributed by atoms with E-state index in [1.165, 1.54) is 9.75 Å². The summed E-state index contributed by atoms with van der Waals surface area (Å²) in [6.07, 6.45) is 4.89. The number of amides is 1. The van der Waals surface area contributed by atoms with Crippen molar-refractivity contribution >= 4 is 53.1 Å². The van der Waals surface area contributed by atoms with Gasteiger partial charge in [0.15, 0.2) is 5.96 Å². The first-order valence-electron chi connectivity index (χ1n) is 10.4. The Morgan fingerprint density at radius 2 is 1.94 bits per heavy atom. The van der Waals surface area contributed by atoms with Gasteiger partial charge in [0.2, 0.25) is 11.9 Å². The maximum atomic E-state index is 12.6. The number of nitrogens with one attached hydrogen (secondary N) is 2. The summed E-state index contributed by atoms with van der Waals surface area (Å²) in [6.45, 7) is 7.73. The molecule has 1 saturated heterocycles. The molecule has 1 aliphatic heterocycles. The number of aliphatic imine (C=N–C) groups is 1. The Morgan fingerprint density at radius 1 is 1.23 bits per heavy atom. The zero-order chi connectivity index (χ0) is 21.3. The number of aromatic nitrogens is 2. The SMILES string of the molecule is CN=C(NCCC(=O)N1CCN(c2ncccn2)CC1)NC(C)Cc1ccc(C)s1.I. The molecule has 0 bridgehead atoms. The highest BCUT2D eigenvalue weighted by atomic mass is 127. The lowest BCUT2D eigenvalue weighted by molar-refractivity contribution is -0.131. The van der Waals surface area contributed by atoms with Gasteiger partial charge < -0.3 is 20.4 Å². The van der Waals surface area contributed by atoms with Gasteiger partial charge >= 0.3 is 0 Å². The predicted molar refractivity (Wildman–Crippen MR) is 138 cm³/mol. The molecule has 0 radical (unpaired) electrons. The third-order valence-electron chi connectivity index (χ3n) is 5.01. The van der Waals surface area contributed by atoms with E-state index in [1.54, 1.807) is 19.4 Å². The quantitative estimate of drug-likeness (QED) is 0.309. The molecule has 8 nitrogen and oxygen atoms in total. The Morgan fingerprint density at radius 3 is 2.55 bits per heavy atom. The van der Waals surface area contributed by atoms with Gasteiger partial charge in [-0.25, -0.2) is 9.97 Å². The lowest BCUT2D eigenvalue weighted by atomic mass is 10.2. The van der Waals surface area contributed by atoms with Crippen LogP contribution in [0.4, 0.5) is 5.95 Å². The van der Waals surface area contributed by atoms with Crippen LogP contribution in [0.1, 0.15) is 23.1 Å². The zero-order valence-corrected chi connectivity index (χ0v) is 21.5. The first-order valence-corrected chi connectivity index (χ1v) is 11.2. The molecular weight excluding hydrogens is 525 g/mol. The topological polar surface area (TPSA) is 85.8 Å². The van der Waals surface area contributed by atoms with Crippen LogP contribution >= 0.6 is 35.3 Å². The minimum Gasteiger partial charge on any atom is -0.356 e. The number of aryl methyl sites for hydroxylation is 1. The van der Waals surface area contributed by atoms with Crippen LogP contribution in [0.3, 0.4) is 0 Å². The third-order valence-corrected chi connectivity index (χ3v) is 6.03. The largest absolute Gasteiger partial charge is 0.356 e. The molecular formula is C21H32IN7OS. The first kappa shape index (κ1) is 25.3. The molecule has 1 amide bonds. The highest BCUT2D eigenvalue weighted by Gasteiger charge is 2.22. The fourth-order valence-electron chi connectivity index (χ4n) is 3.43. The van der Waals surface area contributed by atoms with E-state index >= 15 is 0 Å². The van der Waals surface area contributed by atoms with Crippen LogP contribution in [-0.2, 0) is 11.2 Å². The molecule has 0 spiro atoms. The molecule has 2 aromatic heterocycles. The van der Waals surface area contributed by atoms with Crippen LogP contribution in [0.25, 0.3) is 0 Å². The van der Waals surface area contributed by atoms with E-state index in [2.05, 4.69) is 56.5 Å². The van der Waals surface area contributed by atoms with E-state index in [-0.39, 0.29) is 35.9 Å². The number of carbonyl (C=O) groups is 1. The number of piperazine rings is 1. The average Bonchev–Trinajstić information content (AvgIpc) is 3.18. The van der Waals surface area contributed by atoms with Crippen molar-refractivity contribution in [3.05, 3.63) is 40.3 Å². The summed E-state index contributed by atoms with van der Waals surface area (Å²) in [5.74, 6) is 1.62. The van der Waals surface area contributed by atoms with Crippen LogP contribution in [0.5, 0.6) is 0 Å². The molecule has 0 aromatic carbocycles. The van der Waals surface area contributed by atoms with Gasteiger partial charge in [-0.15, -0.1) is 35.3 Å². The third kappa shape index (κ3) is 7.91. The highest BCUT2D eigenvalue weighted by Crippen LogP contribution is 2.16. The van der Waals surface area contributed by atoms with Crippen molar-refractivity contribution < 1.29 is 4.79 Å². The fourth-order valence-corrected chi connectivity index (χ4v) is 4.45. The predicted octanol–water partition coefficient (Wildman–Crippen LogP) is 2.30. The van der Waals surface area contributed by atoms with Crippen molar-refractivity contribution in [2.75, 3.05) is 44.7 Å². The summed E-state index contributed by atoms with van der Waals surface area (Å²) in [5, 5.41) is 6.66. The number of carbonyl (C=O) groups excluding carboxylic acids is 1. The molecule has 3 heterocycles. The average molecular weight is 558 g/mol. The lowest BCUT2D eigenvalue weighted by Gasteiger charge is -2.34. The molecule has 1 unspecified atom stereocenters. The van der Waals surface area contributed by atoms with E-state index in [4.69, 9.17) is 0 Å². The van der Waals surface area contributed by atoms with Gasteiger partial charge in [-0.2, -0.15) is 0 Å². The number of anilines is 1. The molecule has 2 aromatic rings. The smallest absolute Gasteiger partial charge is 0.225 e. The van der Waals surface area contributed by atoms with Crippen molar-refractivity contribution in [1.29, 1.82) is 0 Å². The van der Waals surface area contributed by atoms with Crippen molar-refractivity contribution in [2.24, 2.45) is 4.99 Å². The monoisotopic (exact) mass is 557 g/mol. The number of thiophene rings is 1. The van der Waals surface area contributed by atoms with Crippen molar-refractivity contribution in [2.45, 2.75) is 32.7 Å². The van der Waals surface area contributed by atoms with E-state index in [9.17, 15) is 4.79 Å². The number of rotatable bonds is 7. The maximum Gasteiger partial charge on any atom is 0.225 e. The Bertz CT molecular complexity index is 837. The first-order chi connectivity index (χ1) is 14.5. The summed E-state index contributed by atoms with van der Waals surface area (Å²) in [4.78, 5) is 32.1. The summed E-state index contributed by atoms with van der Waals surface area (Å²) in [7, 11) is 1.75. The minimum absolute atomic E-state index is 0. The molecule has 10 heteroatoms. The van der Waals surface area contributed by atoms with Gasteiger partial charge in [0.1, 0.15) is 0 Å². The van der Waals surface area contributed by atoms with Gasteiger partial charge in [0.25, 0.3) is 0 Å². The van der Waals surface area contributed by atoms with Gasteiger partial charge in [0.05, 0.1) is 0 Å². The summed E-state index contributed by atoms with van der Waals surface area (Å²) >= 11 is 1.83. The molecule has 0 saturated carbocycles. The lowest BCUT2D eigenvalue weighted by Crippen LogP contribution is -2.50. The summed E-state index contributed by atoms with van der Waals surface area (Å²) in [5.41, 5.74) is 0. The van der Waals surface area contributed by atoms with E-state index < -0.39 is 0 Å². The van der Waals surface area contributed by atoms with Gasteiger partial charge in [-0.05, 0) is 32.0 Å². The second-order valence-electron chi connectivity index (χ2n) is 7.43. The minimum atomic E-state index is 0. The number of guanidine groups is 1. The van der Waals surface area contributed by atoms with Crippen LogP contribution in [0.2, 0.25) is 0 Å². The molecule has 1 atom stereocenters. The van der Waals surface area contributed by atoms with Crippen LogP contribution in [0.15, 0.2) is 35.6 Å². The van der Waals surface area contributed by atoms with Gasteiger partial charge in [-0.1, -0.05) is 0 Å². The van der Waals surface area contributed by atoms with E-state index in [0.29, 0.717) is 26.1 Å². The van der Waals surface area contributed by atoms with E-state index in [1.807, 2.05) is 22.3 Å². The second-order valence-corrected chi connectivity index (χ2v) is 8.80. The number of halogens is 1. The second kappa shape index (κ2) is 12.8. The molecule has 2 N–H and O–H groups in total. The maximum absolute atomic E-state index is 12.6. The molecule has 1 fully saturated rings. The Kier molecular flexibility index (Phi) is 10.4. The van der Waals surface area contributed by atoms with Crippen LogP contribution in [-0.4, -0.2) is 72.5 Å². The molecule has 0 aliphatic carbocycles. The summed E-state index contributed by atoms with van der Waals surface area (Å²) in [6, 6.07) is 6.40. The van der Waals surface area contributed by atoms with Gasteiger partial charge in [-0.3, -0.25) is 9.79 Å². The fraction of sp³-hybridized carbons (Fsp3) is 0.524. The molecule has 3 rings (SSSR count). The highest BCUT2D eigenvalue weighted by molar-refractivity contribution is 14.0. The Labute approximate surface area is 205 Å². The van der Waals surface area contributed by atoms with Crippen molar-refractivity contribution in [1.82, 2.24) is 25.5 Å². The molecule has 31 heavy (non-hydrogen) atoms. The molecule has 170 valence electrons. The Balaban J connectivity index is 0.00000341. The van der Waals surface area contributed by atoms with Crippen molar-refractivity contribution in [3.63, 3.8) is 0 Å². The number of hydrogen-bond donors (Lipinski definition) is 2. The summed E-state index contributed by atoms with van der Waals surface area (Å²) < 4.78 is 0. The van der Waals surface area contributed by atoms with Crippen LogP contribution < -0.4 is 15.5 Å². The van der Waals surface area contributed by atoms with Gasteiger partial charge in [0, 0.05) is 80.8 Å². The normalized spacial score (nSPS) is 15.3. The zero-order valence-electron chi connectivity index (χ0n) is 18.4. The standard InChI is InChI=1S/C21H31N7OS.HI/c1-16(15-18-6-5-17(2)30-18)26-20(22-3)23-10-7-19(29)27-11-13-28(14-12-27)21-24-8-4-9-25-21;/h4-6,8-9,16H,7,10-15H2,1-3H3,(H2,22,23,26);1H. The number of hydrogen-bond acceptors (Lipinski definition) is 6. The molecule has 1 aliphatic rings. The Hall–Kier alpha value is -1.95. The van der Waals surface area contributed by atoms with E-state index in [0.717, 1.165) is 31.4 Å².